The van der Waals surface area contributed by atoms with Crippen LogP contribution in [0.4, 0.5) is 0 Å². The minimum Gasteiger partial charge on any atom is -0.468 e. The van der Waals surface area contributed by atoms with Crippen LogP contribution in [0.25, 0.3) is 0 Å². The molecule has 1 aliphatic carbocycles. The molecule has 0 radical (unpaired) electrons. The Balaban J connectivity index is 1.92. The summed E-state index contributed by atoms with van der Waals surface area (Å²) in [6.45, 7) is 6.76. The van der Waals surface area contributed by atoms with Crippen LogP contribution < -0.4 is 0 Å². The Hall–Kier alpha value is -0.280. The molecule has 1 fully saturated rings. The van der Waals surface area contributed by atoms with E-state index in [9.17, 15) is 0 Å². The molecule has 0 saturated heterocycles. The van der Waals surface area contributed by atoms with Gasteiger partial charge in [-0.15, -0.1) is 0 Å². The molecule has 1 aromatic rings. The summed E-state index contributed by atoms with van der Waals surface area (Å²) >= 11 is 3.64. The maximum Gasteiger partial charge on any atom is 0.117 e. The SMILES string of the molecule is CC(C)C(CBr)CN(Cc1ccco1)C1CC1. The molecule has 2 rings (SSSR count). The third-order valence-electron chi connectivity index (χ3n) is 3.61. The second-order valence-corrected chi connectivity index (χ2v) is 6.05. The van der Waals surface area contributed by atoms with Crippen molar-refractivity contribution in [3.05, 3.63) is 24.2 Å². The summed E-state index contributed by atoms with van der Waals surface area (Å²) in [5.74, 6) is 2.55. The van der Waals surface area contributed by atoms with Crippen molar-refractivity contribution in [2.75, 3.05) is 11.9 Å². The van der Waals surface area contributed by atoms with Crippen LogP contribution in [0.15, 0.2) is 22.8 Å². The Labute approximate surface area is 112 Å². The normalized spacial score (nSPS) is 17.9. The third kappa shape index (κ3) is 3.85. The Bertz CT molecular complexity index is 319. The first-order valence-corrected chi connectivity index (χ1v) is 7.65. The number of halogens is 1. The molecular weight excluding hydrogens is 278 g/mol. The maximum atomic E-state index is 5.46. The number of nitrogens with zero attached hydrogens (tertiary/aromatic N) is 1. The average Bonchev–Trinajstić information content (AvgIpc) is 3.02. The highest BCUT2D eigenvalue weighted by atomic mass is 79.9. The topological polar surface area (TPSA) is 16.4 Å². The van der Waals surface area contributed by atoms with Gasteiger partial charge in [-0.2, -0.15) is 0 Å². The van der Waals surface area contributed by atoms with Crippen molar-refractivity contribution in [1.29, 1.82) is 0 Å². The van der Waals surface area contributed by atoms with Crippen LogP contribution in [0.2, 0.25) is 0 Å². The summed E-state index contributed by atoms with van der Waals surface area (Å²) < 4.78 is 5.46. The zero-order chi connectivity index (χ0) is 12.3. The highest BCUT2D eigenvalue weighted by Gasteiger charge is 2.31. The summed E-state index contributed by atoms with van der Waals surface area (Å²) in [5, 5.41) is 1.09. The molecule has 1 heterocycles. The summed E-state index contributed by atoms with van der Waals surface area (Å²) in [5.41, 5.74) is 0. The van der Waals surface area contributed by atoms with Crippen molar-refractivity contribution < 1.29 is 4.42 Å². The van der Waals surface area contributed by atoms with Crippen LogP contribution in [0.5, 0.6) is 0 Å². The van der Waals surface area contributed by atoms with Crippen LogP contribution >= 0.6 is 15.9 Å². The van der Waals surface area contributed by atoms with Gasteiger partial charge in [0.05, 0.1) is 12.8 Å². The van der Waals surface area contributed by atoms with Crippen molar-refractivity contribution in [3.8, 4) is 0 Å². The van der Waals surface area contributed by atoms with Gasteiger partial charge < -0.3 is 4.42 Å². The number of rotatable bonds is 7. The Kier molecular flexibility index (Phi) is 4.69. The lowest BCUT2D eigenvalue weighted by atomic mass is 9.97. The fourth-order valence-electron chi connectivity index (χ4n) is 2.12. The third-order valence-corrected chi connectivity index (χ3v) is 4.44. The molecule has 2 nitrogen and oxygen atoms in total. The van der Waals surface area contributed by atoms with E-state index in [1.807, 2.05) is 6.07 Å². The van der Waals surface area contributed by atoms with Gasteiger partial charge in [0.1, 0.15) is 5.76 Å². The van der Waals surface area contributed by atoms with Crippen molar-refractivity contribution in [1.82, 2.24) is 4.90 Å². The van der Waals surface area contributed by atoms with E-state index in [1.54, 1.807) is 6.26 Å². The predicted octanol–water partition coefficient (Wildman–Crippen LogP) is 3.91. The van der Waals surface area contributed by atoms with E-state index < -0.39 is 0 Å². The molecule has 96 valence electrons. The average molecular weight is 300 g/mol. The molecular formula is C14H22BrNO. The fourth-order valence-corrected chi connectivity index (χ4v) is 3.08. The number of hydrogen-bond acceptors (Lipinski definition) is 2. The molecule has 0 amide bonds. The zero-order valence-electron chi connectivity index (χ0n) is 10.7. The van der Waals surface area contributed by atoms with Gasteiger partial charge in [0.15, 0.2) is 0 Å². The Morgan fingerprint density at radius 1 is 1.47 bits per heavy atom. The van der Waals surface area contributed by atoms with E-state index in [2.05, 4.69) is 40.7 Å². The zero-order valence-corrected chi connectivity index (χ0v) is 12.3. The molecule has 1 atom stereocenters. The van der Waals surface area contributed by atoms with Crippen LogP contribution in [0, 0.1) is 11.8 Å². The minimum atomic E-state index is 0.727. The first-order chi connectivity index (χ1) is 8.20. The van der Waals surface area contributed by atoms with E-state index in [-0.39, 0.29) is 0 Å². The summed E-state index contributed by atoms with van der Waals surface area (Å²) in [7, 11) is 0. The number of hydrogen-bond donors (Lipinski definition) is 0. The quantitative estimate of drug-likeness (QED) is 0.710. The molecule has 0 N–H and O–H groups in total. The molecule has 3 heteroatoms. The monoisotopic (exact) mass is 299 g/mol. The summed E-state index contributed by atoms with van der Waals surface area (Å²) in [6, 6.07) is 4.85. The predicted molar refractivity (Wildman–Crippen MR) is 74.3 cm³/mol. The van der Waals surface area contributed by atoms with Gasteiger partial charge in [-0.1, -0.05) is 29.8 Å². The highest BCUT2D eigenvalue weighted by Crippen LogP contribution is 2.30. The van der Waals surface area contributed by atoms with Crippen molar-refractivity contribution >= 4 is 15.9 Å². The van der Waals surface area contributed by atoms with Gasteiger partial charge >= 0.3 is 0 Å². The van der Waals surface area contributed by atoms with E-state index in [4.69, 9.17) is 4.42 Å². The Morgan fingerprint density at radius 3 is 2.71 bits per heavy atom. The van der Waals surface area contributed by atoms with Crippen molar-refractivity contribution in [2.24, 2.45) is 11.8 Å². The molecule has 1 unspecified atom stereocenters. The molecule has 0 spiro atoms. The van der Waals surface area contributed by atoms with E-state index in [0.29, 0.717) is 0 Å². The number of furan rings is 1. The molecule has 1 aliphatic rings. The van der Waals surface area contributed by atoms with E-state index >= 15 is 0 Å². The van der Waals surface area contributed by atoms with Crippen molar-refractivity contribution in [3.63, 3.8) is 0 Å². The fraction of sp³-hybridized carbons (Fsp3) is 0.714. The van der Waals surface area contributed by atoms with Crippen LogP contribution in [-0.2, 0) is 6.54 Å². The second kappa shape index (κ2) is 6.05. The van der Waals surface area contributed by atoms with Crippen LogP contribution in [-0.4, -0.2) is 22.8 Å². The summed E-state index contributed by atoms with van der Waals surface area (Å²) in [6.07, 6.45) is 4.48. The molecule has 1 aromatic heterocycles. The second-order valence-electron chi connectivity index (χ2n) is 5.40. The largest absolute Gasteiger partial charge is 0.468 e. The molecule has 17 heavy (non-hydrogen) atoms. The smallest absolute Gasteiger partial charge is 0.117 e. The van der Waals surface area contributed by atoms with E-state index in [0.717, 1.165) is 35.5 Å². The number of alkyl halides is 1. The maximum absolute atomic E-state index is 5.46. The summed E-state index contributed by atoms with van der Waals surface area (Å²) in [4.78, 5) is 2.59. The van der Waals surface area contributed by atoms with Crippen LogP contribution in [0.3, 0.4) is 0 Å². The standard InChI is InChI=1S/C14H22BrNO/c1-11(2)12(8-15)9-16(13-5-6-13)10-14-4-3-7-17-14/h3-4,7,11-13H,5-6,8-10H2,1-2H3. The lowest BCUT2D eigenvalue weighted by Crippen LogP contribution is -2.33. The van der Waals surface area contributed by atoms with Gasteiger partial charge in [0.2, 0.25) is 0 Å². The van der Waals surface area contributed by atoms with Crippen LogP contribution in [0.1, 0.15) is 32.4 Å². The molecule has 1 saturated carbocycles. The van der Waals surface area contributed by atoms with Gasteiger partial charge in [0, 0.05) is 17.9 Å². The lowest BCUT2D eigenvalue weighted by Gasteiger charge is -2.28. The van der Waals surface area contributed by atoms with E-state index in [1.165, 1.54) is 19.4 Å². The first kappa shape index (κ1) is 13.2. The van der Waals surface area contributed by atoms with Gasteiger partial charge in [-0.3, -0.25) is 4.90 Å². The van der Waals surface area contributed by atoms with Crippen molar-refractivity contribution in [2.45, 2.75) is 39.3 Å². The molecule has 0 aliphatic heterocycles. The van der Waals surface area contributed by atoms with Gasteiger partial charge in [-0.05, 0) is 36.8 Å². The Morgan fingerprint density at radius 2 is 2.24 bits per heavy atom. The first-order valence-electron chi connectivity index (χ1n) is 6.53. The minimum absolute atomic E-state index is 0.727. The lowest BCUT2D eigenvalue weighted by molar-refractivity contribution is 0.185. The van der Waals surface area contributed by atoms with Gasteiger partial charge in [0.25, 0.3) is 0 Å². The highest BCUT2D eigenvalue weighted by molar-refractivity contribution is 9.09. The molecule has 0 aromatic carbocycles. The molecule has 0 bridgehead atoms. The van der Waals surface area contributed by atoms with Gasteiger partial charge in [-0.25, -0.2) is 0 Å².